The predicted octanol–water partition coefficient (Wildman–Crippen LogP) is 5.81. The van der Waals surface area contributed by atoms with Crippen LogP contribution in [0.15, 0.2) is 0 Å². The average molecular weight is 236 g/mol. The van der Waals surface area contributed by atoms with Crippen molar-refractivity contribution >= 4 is 0 Å². The van der Waals surface area contributed by atoms with Crippen molar-refractivity contribution in [3.63, 3.8) is 0 Å². The van der Waals surface area contributed by atoms with Crippen LogP contribution in [0.3, 0.4) is 0 Å². The minimum Gasteiger partial charge on any atom is -0.0602 e. The largest absolute Gasteiger partial charge is 0.0602 e. The maximum absolute atomic E-state index is 2.40. The Bertz CT molecular complexity index is 209. The Morgan fingerprint density at radius 2 is 1.24 bits per heavy atom. The van der Waals surface area contributed by atoms with Crippen molar-refractivity contribution in [2.45, 2.75) is 85.0 Å². The first kappa shape index (κ1) is 13.4. The summed E-state index contributed by atoms with van der Waals surface area (Å²) in [6, 6.07) is 0. The standard InChI is InChI=1S/C17H32/c1-17(2,3)13-14-9-11-16(12-10-14)15-7-5-4-6-8-15/h14-16H,4-13H2,1-3H3. The molecule has 0 radical (unpaired) electrons. The zero-order chi connectivity index (χ0) is 12.3. The van der Waals surface area contributed by atoms with Gasteiger partial charge in [0.15, 0.2) is 0 Å². The van der Waals surface area contributed by atoms with E-state index >= 15 is 0 Å². The van der Waals surface area contributed by atoms with Crippen LogP contribution in [0.4, 0.5) is 0 Å². The van der Waals surface area contributed by atoms with Gasteiger partial charge in [0.1, 0.15) is 0 Å². The summed E-state index contributed by atoms with van der Waals surface area (Å²) in [5.74, 6) is 3.25. The highest BCUT2D eigenvalue weighted by Gasteiger charge is 2.29. The molecule has 0 bridgehead atoms. The molecule has 0 aromatic carbocycles. The molecule has 2 saturated carbocycles. The van der Waals surface area contributed by atoms with Crippen LogP contribution in [-0.4, -0.2) is 0 Å². The molecule has 0 aliphatic heterocycles. The molecular weight excluding hydrogens is 204 g/mol. The van der Waals surface area contributed by atoms with E-state index in [4.69, 9.17) is 0 Å². The van der Waals surface area contributed by atoms with Gasteiger partial charge >= 0.3 is 0 Å². The van der Waals surface area contributed by atoms with Gasteiger partial charge in [-0.05, 0) is 42.4 Å². The molecule has 0 aromatic heterocycles. The van der Waals surface area contributed by atoms with Crippen LogP contribution < -0.4 is 0 Å². The maximum atomic E-state index is 2.40. The molecule has 0 saturated heterocycles. The molecule has 0 heterocycles. The Hall–Kier alpha value is 0. The minimum atomic E-state index is 0.544. The molecule has 0 amide bonds. The summed E-state index contributed by atoms with van der Waals surface area (Å²) in [6.07, 6.45) is 15.2. The first-order valence-electron chi connectivity index (χ1n) is 8.04. The van der Waals surface area contributed by atoms with Crippen molar-refractivity contribution < 1.29 is 0 Å². The minimum absolute atomic E-state index is 0.544. The number of hydrogen-bond acceptors (Lipinski definition) is 0. The summed E-state index contributed by atoms with van der Waals surface area (Å²) in [7, 11) is 0. The fraction of sp³-hybridized carbons (Fsp3) is 1.00. The van der Waals surface area contributed by atoms with Crippen LogP contribution in [0.5, 0.6) is 0 Å². The second kappa shape index (κ2) is 5.76. The topological polar surface area (TPSA) is 0 Å². The summed E-state index contributed by atoms with van der Waals surface area (Å²) in [5, 5.41) is 0. The molecule has 2 aliphatic rings. The lowest BCUT2D eigenvalue weighted by molar-refractivity contribution is 0.144. The van der Waals surface area contributed by atoms with E-state index in [2.05, 4.69) is 20.8 Å². The summed E-state index contributed by atoms with van der Waals surface area (Å²) < 4.78 is 0. The summed E-state index contributed by atoms with van der Waals surface area (Å²) >= 11 is 0. The van der Waals surface area contributed by atoms with Crippen LogP contribution >= 0.6 is 0 Å². The van der Waals surface area contributed by atoms with E-state index in [1.54, 1.807) is 25.7 Å². The Labute approximate surface area is 109 Å². The van der Waals surface area contributed by atoms with Crippen molar-refractivity contribution in [2.24, 2.45) is 23.2 Å². The normalized spacial score (nSPS) is 32.6. The van der Waals surface area contributed by atoms with Gasteiger partial charge < -0.3 is 0 Å². The maximum Gasteiger partial charge on any atom is -0.0380 e. The van der Waals surface area contributed by atoms with Crippen LogP contribution in [-0.2, 0) is 0 Å². The zero-order valence-electron chi connectivity index (χ0n) is 12.3. The Kier molecular flexibility index (Phi) is 4.55. The van der Waals surface area contributed by atoms with Crippen LogP contribution in [0, 0.1) is 23.2 Å². The van der Waals surface area contributed by atoms with Gasteiger partial charge in [-0.15, -0.1) is 0 Å². The quantitative estimate of drug-likeness (QED) is 0.567. The van der Waals surface area contributed by atoms with E-state index in [1.165, 1.54) is 38.5 Å². The first-order chi connectivity index (χ1) is 8.04. The Morgan fingerprint density at radius 3 is 1.76 bits per heavy atom. The Morgan fingerprint density at radius 1 is 0.706 bits per heavy atom. The predicted molar refractivity (Wildman–Crippen MR) is 76.1 cm³/mol. The molecule has 0 atom stereocenters. The van der Waals surface area contributed by atoms with E-state index in [-0.39, 0.29) is 0 Å². The second-order valence-corrected chi connectivity index (χ2v) is 7.94. The zero-order valence-corrected chi connectivity index (χ0v) is 12.3. The van der Waals surface area contributed by atoms with E-state index in [9.17, 15) is 0 Å². The molecule has 0 unspecified atom stereocenters. The smallest absolute Gasteiger partial charge is 0.0380 e. The summed E-state index contributed by atoms with van der Waals surface area (Å²) in [6.45, 7) is 7.21. The average Bonchev–Trinajstić information content (AvgIpc) is 2.29. The molecule has 0 heteroatoms. The molecular formula is C17H32. The molecule has 17 heavy (non-hydrogen) atoms. The SMILES string of the molecule is CC(C)(C)CC1CCC(C2CCCCC2)CC1. The second-order valence-electron chi connectivity index (χ2n) is 7.94. The fourth-order valence-corrected chi connectivity index (χ4v) is 4.34. The lowest BCUT2D eigenvalue weighted by Gasteiger charge is -2.37. The number of hydrogen-bond donors (Lipinski definition) is 0. The third-order valence-corrected chi connectivity index (χ3v) is 5.11. The highest BCUT2D eigenvalue weighted by atomic mass is 14.4. The monoisotopic (exact) mass is 236 g/mol. The van der Waals surface area contributed by atoms with Gasteiger partial charge in [-0.2, -0.15) is 0 Å². The van der Waals surface area contributed by atoms with Crippen molar-refractivity contribution in [1.29, 1.82) is 0 Å². The molecule has 2 fully saturated rings. The molecule has 2 aliphatic carbocycles. The van der Waals surface area contributed by atoms with Gasteiger partial charge in [0.2, 0.25) is 0 Å². The molecule has 0 spiro atoms. The van der Waals surface area contributed by atoms with E-state index in [0.717, 1.165) is 17.8 Å². The van der Waals surface area contributed by atoms with Gasteiger partial charge in [-0.25, -0.2) is 0 Å². The van der Waals surface area contributed by atoms with Gasteiger partial charge in [-0.1, -0.05) is 65.7 Å². The van der Waals surface area contributed by atoms with Crippen molar-refractivity contribution in [3.8, 4) is 0 Å². The van der Waals surface area contributed by atoms with Crippen LogP contribution in [0.2, 0.25) is 0 Å². The van der Waals surface area contributed by atoms with E-state index < -0.39 is 0 Å². The molecule has 2 rings (SSSR count). The lowest BCUT2D eigenvalue weighted by atomic mass is 9.68. The van der Waals surface area contributed by atoms with Gasteiger partial charge in [0, 0.05) is 0 Å². The van der Waals surface area contributed by atoms with E-state index in [1.807, 2.05) is 0 Å². The van der Waals surface area contributed by atoms with E-state index in [0.29, 0.717) is 5.41 Å². The lowest BCUT2D eigenvalue weighted by Crippen LogP contribution is -2.25. The number of rotatable bonds is 2. The van der Waals surface area contributed by atoms with Gasteiger partial charge in [-0.3, -0.25) is 0 Å². The fourth-order valence-electron chi connectivity index (χ4n) is 4.34. The molecule has 100 valence electrons. The van der Waals surface area contributed by atoms with Crippen molar-refractivity contribution in [3.05, 3.63) is 0 Å². The highest BCUT2D eigenvalue weighted by Crippen LogP contribution is 2.42. The summed E-state index contributed by atoms with van der Waals surface area (Å²) in [5.41, 5.74) is 0.544. The van der Waals surface area contributed by atoms with Crippen molar-refractivity contribution in [1.82, 2.24) is 0 Å². The van der Waals surface area contributed by atoms with Crippen molar-refractivity contribution in [2.75, 3.05) is 0 Å². The molecule has 0 N–H and O–H groups in total. The van der Waals surface area contributed by atoms with Crippen LogP contribution in [0.25, 0.3) is 0 Å². The summed E-state index contributed by atoms with van der Waals surface area (Å²) in [4.78, 5) is 0. The third-order valence-electron chi connectivity index (χ3n) is 5.11. The van der Waals surface area contributed by atoms with Gasteiger partial charge in [0.05, 0.1) is 0 Å². The van der Waals surface area contributed by atoms with Crippen LogP contribution in [0.1, 0.15) is 85.0 Å². The molecule has 0 aromatic rings. The first-order valence-corrected chi connectivity index (χ1v) is 8.04. The highest BCUT2D eigenvalue weighted by molar-refractivity contribution is 4.81. The Balaban J connectivity index is 1.73. The van der Waals surface area contributed by atoms with Gasteiger partial charge in [0.25, 0.3) is 0 Å². The third kappa shape index (κ3) is 4.30. The molecule has 0 nitrogen and oxygen atoms in total.